The maximum Gasteiger partial charge on any atom is 0.263 e. The molecule has 23 heavy (non-hydrogen) atoms. The van der Waals surface area contributed by atoms with Gasteiger partial charge in [-0.25, -0.2) is 4.68 Å². The number of nitrogens with zero attached hydrogens (tertiary/aromatic N) is 3. The van der Waals surface area contributed by atoms with Gasteiger partial charge in [0.15, 0.2) is 5.65 Å². The third kappa shape index (κ3) is 3.88. The second kappa shape index (κ2) is 6.39. The van der Waals surface area contributed by atoms with Crippen molar-refractivity contribution >= 4 is 22.9 Å². The number of hydrogen-bond acceptors (Lipinski definition) is 5. The van der Waals surface area contributed by atoms with Crippen molar-refractivity contribution < 1.29 is 4.79 Å². The SMILES string of the molecule is CC(C)C(=O)NCCNc1nc2c(cnn2C(C)(C)C)c(=O)[nH]1. The lowest BCUT2D eigenvalue weighted by molar-refractivity contribution is -0.123. The standard InChI is InChI=1S/C15H24N6O2/c1-9(2)12(22)16-6-7-17-14-19-11-10(13(23)20-14)8-18-21(11)15(3,4)5/h8-9H,6-7H2,1-5H3,(H,16,22)(H2,17,19,20,23). The van der Waals surface area contributed by atoms with Crippen LogP contribution in [0.4, 0.5) is 5.95 Å². The smallest absolute Gasteiger partial charge is 0.263 e. The van der Waals surface area contributed by atoms with E-state index in [9.17, 15) is 9.59 Å². The summed E-state index contributed by atoms with van der Waals surface area (Å²) in [6.45, 7) is 10.6. The van der Waals surface area contributed by atoms with Crippen molar-refractivity contribution in [1.29, 1.82) is 0 Å². The van der Waals surface area contributed by atoms with Crippen molar-refractivity contribution in [1.82, 2.24) is 25.1 Å². The van der Waals surface area contributed by atoms with Crippen LogP contribution in [0.1, 0.15) is 34.6 Å². The highest BCUT2D eigenvalue weighted by Gasteiger charge is 2.19. The van der Waals surface area contributed by atoms with Gasteiger partial charge in [-0.1, -0.05) is 13.8 Å². The molecular formula is C15H24N6O2. The van der Waals surface area contributed by atoms with Crippen LogP contribution in [0.15, 0.2) is 11.0 Å². The summed E-state index contributed by atoms with van der Waals surface area (Å²) in [7, 11) is 0. The van der Waals surface area contributed by atoms with E-state index in [1.807, 2.05) is 34.6 Å². The zero-order valence-corrected chi connectivity index (χ0v) is 14.2. The van der Waals surface area contributed by atoms with Crippen molar-refractivity contribution in [2.24, 2.45) is 5.92 Å². The Kier molecular flexibility index (Phi) is 4.72. The van der Waals surface area contributed by atoms with E-state index in [0.717, 1.165) is 0 Å². The first-order chi connectivity index (χ1) is 10.7. The maximum atomic E-state index is 12.1. The fourth-order valence-corrected chi connectivity index (χ4v) is 2.06. The van der Waals surface area contributed by atoms with E-state index in [1.54, 1.807) is 4.68 Å². The first-order valence-corrected chi connectivity index (χ1v) is 7.70. The molecule has 8 nitrogen and oxygen atoms in total. The second-order valence-electron chi connectivity index (χ2n) is 6.75. The highest BCUT2D eigenvalue weighted by molar-refractivity contribution is 5.77. The monoisotopic (exact) mass is 320 g/mol. The van der Waals surface area contributed by atoms with Crippen LogP contribution in [-0.4, -0.2) is 38.7 Å². The second-order valence-corrected chi connectivity index (χ2v) is 6.75. The first kappa shape index (κ1) is 17.0. The third-order valence-corrected chi connectivity index (χ3v) is 3.31. The number of aromatic amines is 1. The van der Waals surface area contributed by atoms with Gasteiger partial charge in [-0.05, 0) is 20.8 Å². The van der Waals surface area contributed by atoms with Crippen molar-refractivity contribution in [2.45, 2.75) is 40.2 Å². The molecule has 0 aliphatic rings. The molecule has 1 amide bonds. The predicted octanol–water partition coefficient (Wildman–Crippen LogP) is 1.06. The fraction of sp³-hybridized carbons (Fsp3) is 0.600. The molecule has 0 aromatic carbocycles. The maximum absolute atomic E-state index is 12.1. The average Bonchev–Trinajstić information content (AvgIpc) is 2.87. The number of carbonyl (C=O) groups excluding carboxylic acids is 1. The number of amides is 1. The molecule has 0 bridgehead atoms. The van der Waals surface area contributed by atoms with Crippen LogP contribution in [0.25, 0.3) is 11.0 Å². The van der Waals surface area contributed by atoms with Gasteiger partial charge in [0.2, 0.25) is 11.9 Å². The highest BCUT2D eigenvalue weighted by atomic mass is 16.1. The molecule has 2 rings (SSSR count). The Hall–Kier alpha value is -2.38. The number of fused-ring (bicyclic) bond motifs is 1. The van der Waals surface area contributed by atoms with E-state index < -0.39 is 0 Å². The minimum Gasteiger partial charge on any atom is -0.354 e. The quantitative estimate of drug-likeness (QED) is 0.715. The zero-order valence-electron chi connectivity index (χ0n) is 14.2. The minimum absolute atomic E-state index is 0.00508. The number of aromatic nitrogens is 4. The molecular weight excluding hydrogens is 296 g/mol. The fourth-order valence-electron chi connectivity index (χ4n) is 2.06. The Morgan fingerprint density at radius 2 is 2.04 bits per heavy atom. The highest BCUT2D eigenvalue weighted by Crippen LogP contribution is 2.18. The molecule has 2 aromatic rings. The number of rotatable bonds is 5. The van der Waals surface area contributed by atoms with Crippen LogP contribution in [0.3, 0.4) is 0 Å². The van der Waals surface area contributed by atoms with Gasteiger partial charge >= 0.3 is 0 Å². The van der Waals surface area contributed by atoms with Crippen molar-refractivity contribution in [2.75, 3.05) is 18.4 Å². The number of anilines is 1. The van der Waals surface area contributed by atoms with Gasteiger partial charge in [-0.15, -0.1) is 0 Å². The van der Waals surface area contributed by atoms with Crippen molar-refractivity contribution in [3.8, 4) is 0 Å². The molecule has 0 aliphatic carbocycles. The molecule has 2 heterocycles. The molecule has 0 unspecified atom stereocenters. The predicted molar refractivity (Wildman–Crippen MR) is 89.5 cm³/mol. The molecule has 3 N–H and O–H groups in total. The first-order valence-electron chi connectivity index (χ1n) is 7.70. The summed E-state index contributed by atoms with van der Waals surface area (Å²) in [6.07, 6.45) is 1.53. The van der Waals surface area contributed by atoms with E-state index in [2.05, 4.69) is 25.7 Å². The van der Waals surface area contributed by atoms with Crippen molar-refractivity contribution in [3.05, 3.63) is 16.6 Å². The molecule has 126 valence electrons. The Bertz CT molecular complexity index is 753. The van der Waals surface area contributed by atoms with Crippen LogP contribution in [-0.2, 0) is 10.3 Å². The van der Waals surface area contributed by atoms with Crippen LogP contribution >= 0.6 is 0 Å². The molecule has 2 aromatic heterocycles. The van der Waals surface area contributed by atoms with Gasteiger partial charge in [0.1, 0.15) is 5.39 Å². The number of hydrogen-bond donors (Lipinski definition) is 3. The molecule has 0 atom stereocenters. The van der Waals surface area contributed by atoms with E-state index in [4.69, 9.17) is 0 Å². The zero-order chi connectivity index (χ0) is 17.2. The Labute approximate surface area is 134 Å². The van der Waals surface area contributed by atoms with E-state index in [0.29, 0.717) is 30.1 Å². The molecule has 0 aliphatic heterocycles. The minimum atomic E-state index is -0.273. The molecule has 0 fully saturated rings. The lowest BCUT2D eigenvalue weighted by Gasteiger charge is -2.19. The summed E-state index contributed by atoms with van der Waals surface area (Å²) in [5.74, 6) is 0.312. The van der Waals surface area contributed by atoms with Crippen LogP contribution < -0.4 is 16.2 Å². The van der Waals surface area contributed by atoms with Gasteiger partial charge in [-0.3, -0.25) is 14.6 Å². The molecule has 0 radical (unpaired) electrons. The Morgan fingerprint density at radius 3 is 2.65 bits per heavy atom. The van der Waals surface area contributed by atoms with Crippen LogP contribution in [0.2, 0.25) is 0 Å². The van der Waals surface area contributed by atoms with Crippen LogP contribution in [0.5, 0.6) is 0 Å². The largest absolute Gasteiger partial charge is 0.354 e. The lowest BCUT2D eigenvalue weighted by atomic mass is 10.1. The Balaban J connectivity index is 2.13. The molecule has 8 heteroatoms. The average molecular weight is 320 g/mol. The summed E-state index contributed by atoms with van der Waals surface area (Å²) in [4.78, 5) is 30.7. The third-order valence-electron chi connectivity index (χ3n) is 3.31. The van der Waals surface area contributed by atoms with Gasteiger partial charge < -0.3 is 10.6 Å². The number of nitrogens with one attached hydrogen (secondary N) is 3. The van der Waals surface area contributed by atoms with Gasteiger partial charge in [-0.2, -0.15) is 10.1 Å². The molecule has 0 saturated carbocycles. The summed E-state index contributed by atoms with van der Waals surface area (Å²) >= 11 is 0. The van der Waals surface area contributed by atoms with E-state index in [-0.39, 0.29) is 22.9 Å². The summed E-state index contributed by atoms with van der Waals surface area (Å²) < 4.78 is 1.73. The van der Waals surface area contributed by atoms with Gasteiger partial charge in [0, 0.05) is 19.0 Å². The summed E-state index contributed by atoms with van der Waals surface area (Å²) in [6, 6.07) is 0. The number of carbonyl (C=O) groups is 1. The lowest BCUT2D eigenvalue weighted by Crippen LogP contribution is -2.32. The van der Waals surface area contributed by atoms with Crippen molar-refractivity contribution in [3.63, 3.8) is 0 Å². The van der Waals surface area contributed by atoms with Gasteiger partial charge in [0.25, 0.3) is 5.56 Å². The summed E-state index contributed by atoms with van der Waals surface area (Å²) in [5.41, 5.74) is 0.0274. The van der Waals surface area contributed by atoms with E-state index in [1.165, 1.54) is 6.20 Å². The molecule has 0 spiro atoms. The number of H-pyrrole nitrogens is 1. The Morgan fingerprint density at radius 1 is 1.35 bits per heavy atom. The molecule has 0 saturated heterocycles. The van der Waals surface area contributed by atoms with Gasteiger partial charge in [0.05, 0.1) is 11.7 Å². The summed E-state index contributed by atoms with van der Waals surface area (Å²) in [5, 5.41) is 10.5. The van der Waals surface area contributed by atoms with E-state index >= 15 is 0 Å². The topological polar surface area (TPSA) is 105 Å². The normalized spacial score (nSPS) is 11.9. The van der Waals surface area contributed by atoms with Crippen LogP contribution in [0, 0.1) is 5.92 Å².